The first-order valence-corrected chi connectivity index (χ1v) is 14.8. The van der Waals surface area contributed by atoms with Gasteiger partial charge < -0.3 is 10.2 Å². The van der Waals surface area contributed by atoms with Crippen molar-refractivity contribution in [3.8, 4) is 0 Å². The summed E-state index contributed by atoms with van der Waals surface area (Å²) in [4.78, 5) is 28.5. The van der Waals surface area contributed by atoms with Crippen molar-refractivity contribution < 1.29 is 18.0 Å². The van der Waals surface area contributed by atoms with Gasteiger partial charge in [-0.3, -0.25) is 13.9 Å². The number of nitrogens with one attached hydrogen (secondary N) is 1. The lowest BCUT2D eigenvalue weighted by molar-refractivity contribution is -0.139. The third-order valence-corrected chi connectivity index (χ3v) is 8.48. The fraction of sp³-hybridized carbons (Fsp3) is 0.333. The molecule has 0 heterocycles. The summed E-state index contributed by atoms with van der Waals surface area (Å²) in [5.74, 6) is -0.810. The van der Waals surface area contributed by atoms with Gasteiger partial charge in [0.2, 0.25) is 11.8 Å². The first kappa shape index (κ1) is 30.2. The lowest BCUT2D eigenvalue weighted by atomic mass is 10.1. The Morgan fingerprint density at radius 3 is 2.33 bits per heavy atom. The Balaban J connectivity index is 2.02. The molecule has 0 fully saturated rings. The van der Waals surface area contributed by atoms with Crippen molar-refractivity contribution in [2.75, 3.05) is 17.4 Å². The van der Waals surface area contributed by atoms with E-state index in [1.807, 2.05) is 39.0 Å². The second-order valence-electron chi connectivity index (χ2n) is 9.59. The minimum atomic E-state index is -4.10. The van der Waals surface area contributed by atoms with Gasteiger partial charge in [-0.1, -0.05) is 73.0 Å². The van der Waals surface area contributed by atoms with E-state index in [9.17, 15) is 18.0 Å². The number of nitrogens with zero attached hydrogens (tertiary/aromatic N) is 2. The van der Waals surface area contributed by atoms with Crippen molar-refractivity contribution in [1.82, 2.24) is 10.2 Å². The summed E-state index contributed by atoms with van der Waals surface area (Å²) < 4.78 is 28.9. The van der Waals surface area contributed by atoms with Gasteiger partial charge in [-0.05, 0) is 68.7 Å². The standard InChI is InChI=1S/C30H36ClN3O4S/c1-5-6-17-32-30(36)24(4)33(20-25-11-10-12-26(31)19-25)29(35)21-34(28-16-15-22(2)18-23(28)3)39(37,38)27-13-8-7-9-14-27/h7-16,18-19,24H,5-6,17,20-21H2,1-4H3,(H,32,36)/t24-/m0/s1. The number of hydrogen-bond acceptors (Lipinski definition) is 4. The molecule has 0 unspecified atom stereocenters. The minimum absolute atomic E-state index is 0.0736. The molecule has 0 saturated heterocycles. The summed E-state index contributed by atoms with van der Waals surface area (Å²) in [5.41, 5.74) is 2.82. The fourth-order valence-electron chi connectivity index (χ4n) is 4.27. The lowest BCUT2D eigenvalue weighted by Crippen LogP contribution is -2.51. The molecule has 0 aliphatic rings. The van der Waals surface area contributed by atoms with E-state index in [0.717, 1.165) is 28.3 Å². The van der Waals surface area contributed by atoms with Crippen molar-refractivity contribution in [1.29, 1.82) is 0 Å². The fourth-order valence-corrected chi connectivity index (χ4v) is 5.98. The average Bonchev–Trinajstić information content (AvgIpc) is 2.91. The maximum Gasteiger partial charge on any atom is 0.264 e. The molecule has 1 atom stereocenters. The monoisotopic (exact) mass is 569 g/mol. The van der Waals surface area contributed by atoms with E-state index >= 15 is 0 Å². The van der Waals surface area contributed by atoms with Crippen molar-refractivity contribution in [3.05, 3.63) is 94.5 Å². The molecule has 39 heavy (non-hydrogen) atoms. The molecule has 0 saturated carbocycles. The summed E-state index contributed by atoms with van der Waals surface area (Å²) in [5, 5.41) is 3.38. The molecule has 0 aliphatic heterocycles. The van der Waals surface area contributed by atoms with Crippen LogP contribution in [0.5, 0.6) is 0 Å². The van der Waals surface area contributed by atoms with Gasteiger partial charge in [-0.2, -0.15) is 0 Å². The molecule has 1 N–H and O–H groups in total. The quantitative estimate of drug-likeness (QED) is 0.292. The maximum absolute atomic E-state index is 14.0. The minimum Gasteiger partial charge on any atom is -0.354 e. The predicted octanol–water partition coefficient (Wildman–Crippen LogP) is 5.49. The van der Waals surface area contributed by atoms with E-state index in [0.29, 0.717) is 22.8 Å². The smallest absolute Gasteiger partial charge is 0.264 e. The van der Waals surface area contributed by atoms with Crippen LogP contribution in [0.4, 0.5) is 5.69 Å². The van der Waals surface area contributed by atoms with Gasteiger partial charge in [0.05, 0.1) is 10.6 Å². The number of benzene rings is 3. The molecule has 7 nitrogen and oxygen atoms in total. The molecule has 2 amide bonds. The largest absolute Gasteiger partial charge is 0.354 e. The van der Waals surface area contributed by atoms with Gasteiger partial charge in [-0.25, -0.2) is 8.42 Å². The van der Waals surface area contributed by atoms with Crippen molar-refractivity contribution in [2.45, 2.75) is 58.0 Å². The van der Waals surface area contributed by atoms with Gasteiger partial charge in [-0.15, -0.1) is 0 Å². The van der Waals surface area contributed by atoms with Crippen LogP contribution in [0.25, 0.3) is 0 Å². The molecular weight excluding hydrogens is 534 g/mol. The summed E-state index contributed by atoms with van der Waals surface area (Å²) >= 11 is 6.19. The molecule has 3 aromatic rings. The Morgan fingerprint density at radius 2 is 1.69 bits per heavy atom. The zero-order chi connectivity index (χ0) is 28.6. The number of anilines is 1. The first-order valence-electron chi connectivity index (χ1n) is 13.0. The Hall–Kier alpha value is -3.36. The number of carbonyl (C=O) groups is 2. The predicted molar refractivity (Wildman–Crippen MR) is 156 cm³/mol. The first-order chi connectivity index (χ1) is 18.5. The highest BCUT2D eigenvalue weighted by Gasteiger charge is 2.33. The Bertz CT molecular complexity index is 1400. The Morgan fingerprint density at radius 1 is 0.974 bits per heavy atom. The molecule has 0 bridgehead atoms. The van der Waals surface area contributed by atoms with Crippen LogP contribution in [0.1, 0.15) is 43.4 Å². The molecule has 9 heteroatoms. The van der Waals surface area contributed by atoms with Crippen LogP contribution in [0, 0.1) is 13.8 Å². The Kier molecular flexibility index (Phi) is 10.5. The van der Waals surface area contributed by atoms with E-state index in [1.54, 1.807) is 49.4 Å². The molecule has 0 aromatic heterocycles. The van der Waals surface area contributed by atoms with E-state index < -0.39 is 28.5 Å². The van der Waals surface area contributed by atoms with Gasteiger partial charge in [0.1, 0.15) is 12.6 Å². The van der Waals surface area contributed by atoms with Crippen molar-refractivity contribution in [3.63, 3.8) is 0 Å². The van der Waals surface area contributed by atoms with E-state index in [2.05, 4.69) is 5.32 Å². The van der Waals surface area contributed by atoms with Crippen LogP contribution in [0.2, 0.25) is 5.02 Å². The average molecular weight is 570 g/mol. The summed E-state index contributed by atoms with van der Waals surface area (Å²) in [6.45, 7) is 7.52. The van der Waals surface area contributed by atoms with Crippen LogP contribution in [-0.2, 0) is 26.2 Å². The summed E-state index contributed by atoms with van der Waals surface area (Å²) in [7, 11) is -4.10. The SMILES string of the molecule is CCCCNC(=O)[C@H](C)N(Cc1cccc(Cl)c1)C(=O)CN(c1ccc(C)cc1C)S(=O)(=O)c1ccccc1. The van der Waals surface area contributed by atoms with Gasteiger partial charge in [0, 0.05) is 18.1 Å². The number of hydrogen-bond donors (Lipinski definition) is 1. The van der Waals surface area contributed by atoms with Crippen LogP contribution in [-0.4, -0.2) is 44.3 Å². The number of rotatable bonds is 12. The molecule has 0 radical (unpaired) electrons. The number of sulfonamides is 1. The zero-order valence-corrected chi connectivity index (χ0v) is 24.4. The lowest BCUT2D eigenvalue weighted by Gasteiger charge is -2.32. The van der Waals surface area contributed by atoms with Crippen LogP contribution in [0.15, 0.2) is 77.7 Å². The van der Waals surface area contributed by atoms with Crippen LogP contribution >= 0.6 is 11.6 Å². The highest BCUT2D eigenvalue weighted by Crippen LogP contribution is 2.28. The summed E-state index contributed by atoms with van der Waals surface area (Å²) in [6, 6.07) is 19.6. The van der Waals surface area contributed by atoms with Gasteiger partial charge in [0.15, 0.2) is 0 Å². The van der Waals surface area contributed by atoms with Crippen LogP contribution in [0.3, 0.4) is 0 Å². The molecule has 0 aliphatic carbocycles. The third kappa shape index (κ3) is 7.83. The zero-order valence-electron chi connectivity index (χ0n) is 22.9. The topological polar surface area (TPSA) is 86.8 Å². The number of unbranched alkanes of at least 4 members (excludes halogenated alkanes) is 1. The van der Waals surface area contributed by atoms with E-state index in [4.69, 9.17) is 11.6 Å². The highest BCUT2D eigenvalue weighted by molar-refractivity contribution is 7.92. The normalized spacial score (nSPS) is 12.0. The molecule has 0 spiro atoms. The molecular formula is C30H36ClN3O4S. The number of carbonyl (C=O) groups excluding carboxylic acids is 2. The second-order valence-corrected chi connectivity index (χ2v) is 11.9. The van der Waals surface area contributed by atoms with Gasteiger partial charge >= 0.3 is 0 Å². The molecule has 3 rings (SSSR count). The maximum atomic E-state index is 14.0. The number of aryl methyl sites for hydroxylation is 2. The Labute approximate surface area is 236 Å². The third-order valence-electron chi connectivity index (χ3n) is 6.47. The summed E-state index contributed by atoms with van der Waals surface area (Å²) in [6.07, 6.45) is 1.73. The highest BCUT2D eigenvalue weighted by atomic mass is 35.5. The van der Waals surface area contributed by atoms with Crippen molar-refractivity contribution in [2.24, 2.45) is 0 Å². The molecule has 3 aromatic carbocycles. The van der Waals surface area contributed by atoms with E-state index in [-0.39, 0.29) is 17.3 Å². The molecule has 208 valence electrons. The van der Waals surface area contributed by atoms with E-state index in [1.165, 1.54) is 17.0 Å². The van der Waals surface area contributed by atoms with Crippen LogP contribution < -0.4 is 9.62 Å². The van der Waals surface area contributed by atoms with Gasteiger partial charge in [0.25, 0.3) is 10.0 Å². The number of halogens is 1. The second kappa shape index (κ2) is 13.6. The van der Waals surface area contributed by atoms with Crippen molar-refractivity contribution >= 4 is 39.1 Å². The number of amides is 2.